The molecule has 7 heteroatoms. The molecule has 1 fully saturated rings. The van der Waals surface area contributed by atoms with Crippen molar-refractivity contribution < 1.29 is 4.74 Å². The summed E-state index contributed by atoms with van der Waals surface area (Å²) in [5.74, 6) is 1.21. The Balaban J connectivity index is 1.97. The monoisotopic (exact) mass is 285 g/mol. The smallest absolute Gasteiger partial charge is 0.231 e. The number of aromatic nitrogens is 3. The Bertz CT molecular complexity index is 398. The van der Waals surface area contributed by atoms with Crippen molar-refractivity contribution in [1.29, 1.82) is 0 Å². The summed E-state index contributed by atoms with van der Waals surface area (Å²) in [5.41, 5.74) is 0. The number of nitrogens with one attached hydrogen (secondary N) is 1. The second-order valence-corrected chi connectivity index (χ2v) is 4.89. The van der Waals surface area contributed by atoms with E-state index in [9.17, 15) is 0 Å². The molecule has 0 amide bonds. The first-order valence-electron chi connectivity index (χ1n) is 6.69. The highest BCUT2D eigenvalue weighted by Crippen LogP contribution is 2.18. The third kappa shape index (κ3) is 4.47. The van der Waals surface area contributed by atoms with Crippen LogP contribution in [0.15, 0.2) is 0 Å². The highest BCUT2D eigenvalue weighted by molar-refractivity contribution is 6.28. The molecule has 0 unspecified atom stereocenters. The van der Waals surface area contributed by atoms with Gasteiger partial charge in [0.2, 0.25) is 17.2 Å². The lowest BCUT2D eigenvalue weighted by Gasteiger charge is -2.26. The highest BCUT2D eigenvalue weighted by Gasteiger charge is 2.15. The van der Waals surface area contributed by atoms with Crippen LogP contribution in [0.3, 0.4) is 0 Å². The standard InChI is InChI=1S/C12H20ClN5O/c1-19-9-5-6-14-11-15-10(13)16-12(17-11)18-7-3-2-4-8-18/h2-9H2,1H3,(H,14,15,16,17). The molecule has 106 valence electrons. The third-order valence-electron chi connectivity index (χ3n) is 3.04. The van der Waals surface area contributed by atoms with E-state index in [1.165, 1.54) is 19.3 Å². The Hall–Kier alpha value is -1.14. The maximum Gasteiger partial charge on any atom is 0.231 e. The first-order valence-corrected chi connectivity index (χ1v) is 7.07. The molecule has 1 N–H and O–H groups in total. The largest absolute Gasteiger partial charge is 0.385 e. The zero-order valence-electron chi connectivity index (χ0n) is 11.2. The van der Waals surface area contributed by atoms with Crippen molar-refractivity contribution in [2.45, 2.75) is 25.7 Å². The number of halogens is 1. The second kappa shape index (κ2) is 7.45. The number of nitrogens with zero attached hydrogens (tertiary/aromatic N) is 4. The van der Waals surface area contributed by atoms with Gasteiger partial charge in [0.25, 0.3) is 0 Å². The Kier molecular flexibility index (Phi) is 5.60. The lowest BCUT2D eigenvalue weighted by atomic mass is 10.1. The summed E-state index contributed by atoms with van der Waals surface area (Å²) in [4.78, 5) is 14.9. The molecule has 19 heavy (non-hydrogen) atoms. The molecule has 1 saturated heterocycles. The van der Waals surface area contributed by atoms with Gasteiger partial charge in [-0.3, -0.25) is 0 Å². The summed E-state index contributed by atoms with van der Waals surface area (Å²) in [6.45, 7) is 3.45. The lowest BCUT2D eigenvalue weighted by Crippen LogP contribution is -2.31. The molecule has 6 nitrogen and oxygen atoms in total. The van der Waals surface area contributed by atoms with Crippen LogP contribution in [0.2, 0.25) is 5.28 Å². The van der Waals surface area contributed by atoms with Crippen LogP contribution in [-0.2, 0) is 4.74 Å². The SMILES string of the molecule is COCCCNc1nc(Cl)nc(N2CCCCC2)n1. The van der Waals surface area contributed by atoms with Crippen LogP contribution in [-0.4, -0.2) is 48.3 Å². The Labute approximate surface area is 118 Å². The number of hydrogen-bond acceptors (Lipinski definition) is 6. The molecule has 1 aliphatic rings. The van der Waals surface area contributed by atoms with E-state index in [0.29, 0.717) is 18.5 Å². The first kappa shape index (κ1) is 14.3. The van der Waals surface area contributed by atoms with E-state index in [4.69, 9.17) is 16.3 Å². The van der Waals surface area contributed by atoms with Crippen LogP contribution in [0.25, 0.3) is 0 Å². The normalized spacial score (nSPS) is 15.6. The topological polar surface area (TPSA) is 63.2 Å². The average Bonchev–Trinajstić information content (AvgIpc) is 2.44. The van der Waals surface area contributed by atoms with Crippen molar-refractivity contribution in [3.63, 3.8) is 0 Å². The van der Waals surface area contributed by atoms with Gasteiger partial charge in [0.15, 0.2) is 0 Å². The van der Waals surface area contributed by atoms with Crippen LogP contribution in [0.4, 0.5) is 11.9 Å². The van der Waals surface area contributed by atoms with Crippen molar-refractivity contribution in [2.75, 3.05) is 43.6 Å². The van der Waals surface area contributed by atoms with Crippen LogP contribution >= 0.6 is 11.6 Å². The van der Waals surface area contributed by atoms with Gasteiger partial charge in [0.1, 0.15) is 0 Å². The van der Waals surface area contributed by atoms with Gasteiger partial charge >= 0.3 is 0 Å². The number of piperidine rings is 1. The van der Waals surface area contributed by atoms with E-state index in [2.05, 4.69) is 25.2 Å². The number of rotatable bonds is 6. The summed E-state index contributed by atoms with van der Waals surface area (Å²) in [6, 6.07) is 0. The highest BCUT2D eigenvalue weighted by atomic mass is 35.5. The molecule has 0 aliphatic carbocycles. The minimum absolute atomic E-state index is 0.241. The molecule has 0 atom stereocenters. The average molecular weight is 286 g/mol. The molecule has 2 heterocycles. The molecular weight excluding hydrogens is 266 g/mol. The van der Waals surface area contributed by atoms with Gasteiger partial charge in [-0.05, 0) is 37.3 Å². The predicted octanol–water partition coefficient (Wildman–Crippen LogP) is 1.96. The zero-order chi connectivity index (χ0) is 13.5. The van der Waals surface area contributed by atoms with Gasteiger partial charge in [0.05, 0.1) is 0 Å². The zero-order valence-corrected chi connectivity index (χ0v) is 12.0. The van der Waals surface area contributed by atoms with Crippen molar-refractivity contribution in [1.82, 2.24) is 15.0 Å². The maximum atomic E-state index is 5.96. The quantitative estimate of drug-likeness (QED) is 0.806. The first-order chi connectivity index (χ1) is 9.29. The summed E-state index contributed by atoms with van der Waals surface area (Å²) >= 11 is 5.96. The number of methoxy groups -OCH3 is 1. The van der Waals surface area contributed by atoms with Gasteiger partial charge < -0.3 is 15.0 Å². The van der Waals surface area contributed by atoms with Gasteiger partial charge in [-0.1, -0.05) is 0 Å². The molecule has 0 aromatic carbocycles. The van der Waals surface area contributed by atoms with Crippen LogP contribution < -0.4 is 10.2 Å². The van der Waals surface area contributed by atoms with Crippen molar-refractivity contribution >= 4 is 23.5 Å². The van der Waals surface area contributed by atoms with E-state index in [0.717, 1.165) is 26.1 Å². The fourth-order valence-electron chi connectivity index (χ4n) is 2.07. The van der Waals surface area contributed by atoms with Crippen molar-refractivity contribution in [3.8, 4) is 0 Å². The molecule has 0 saturated carbocycles. The minimum atomic E-state index is 0.241. The third-order valence-corrected chi connectivity index (χ3v) is 3.21. The molecular formula is C12H20ClN5O. The Morgan fingerprint density at radius 2 is 2.00 bits per heavy atom. The van der Waals surface area contributed by atoms with E-state index in [1.807, 2.05) is 0 Å². The van der Waals surface area contributed by atoms with E-state index >= 15 is 0 Å². The Morgan fingerprint density at radius 3 is 2.74 bits per heavy atom. The van der Waals surface area contributed by atoms with Crippen LogP contribution in [0, 0.1) is 0 Å². The fourth-order valence-corrected chi connectivity index (χ4v) is 2.23. The summed E-state index contributed by atoms with van der Waals surface area (Å²) in [6.07, 6.45) is 4.54. The number of ether oxygens (including phenoxy) is 1. The van der Waals surface area contributed by atoms with Gasteiger partial charge in [-0.2, -0.15) is 15.0 Å². The molecule has 0 bridgehead atoms. The lowest BCUT2D eigenvalue weighted by molar-refractivity contribution is 0.197. The molecule has 1 aliphatic heterocycles. The van der Waals surface area contributed by atoms with Crippen molar-refractivity contribution in [3.05, 3.63) is 5.28 Å². The minimum Gasteiger partial charge on any atom is -0.385 e. The van der Waals surface area contributed by atoms with Gasteiger partial charge in [0, 0.05) is 33.4 Å². The van der Waals surface area contributed by atoms with Crippen molar-refractivity contribution in [2.24, 2.45) is 0 Å². The van der Waals surface area contributed by atoms with E-state index in [-0.39, 0.29) is 5.28 Å². The summed E-state index contributed by atoms with van der Waals surface area (Å²) in [5, 5.41) is 3.39. The molecule has 0 spiro atoms. The summed E-state index contributed by atoms with van der Waals surface area (Å²) < 4.78 is 4.99. The van der Waals surface area contributed by atoms with E-state index < -0.39 is 0 Å². The number of anilines is 2. The van der Waals surface area contributed by atoms with Crippen LogP contribution in [0.1, 0.15) is 25.7 Å². The van der Waals surface area contributed by atoms with Crippen LogP contribution in [0.5, 0.6) is 0 Å². The molecule has 1 aromatic rings. The second-order valence-electron chi connectivity index (χ2n) is 4.55. The van der Waals surface area contributed by atoms with Gasteiger partial charge in [-0.15, -0.1) is 0 Å². The fraction of sp³-hybridized carbons (Fsp3) is 0.750. The van der Waals surface area contributed by atoms with E-state index in [1.54, 1.807) is 7.11 Å². The number of hydrogen-bond donors (Lipinski definition) is 1. The maximum absolute atomic E-state index is 5.96. The Morgan fingerprint density at radius 1 is 1.21 bits per heavy atom. The molecule has 1 aromatic heterocycles. The molecule has 0 radical (unpaired) electrons. The molecule has 2 rings (SSSR count). The predicted molar refractivity (Wildman–Crippen MR) is 75.9 cm³/mol. The van der Waals surface area contributed by atoms with Gasteiger partial charge in [-0.25, -0.2) is 0 Å². The summed E-state index contributed by atoms with van der Waals surface area (Å²) in [7, 11) is 1.69.